The van der Waals surface area contributed by atoms with Gasteiger partial charge < -0.3 is 14.4 Å². The molecule has 0 unspecified atom stereocenters. The predicted molar refractivity (Wildman–Crippen MR) is 110 cm³/mol. The highest BCUT2D eigenvalue weighted by Gasteiger charge is 2.13. The van der Waals surface area contributed by atoms with Crippen molar-refractivity contribution in [2.45, 2.75) is 13.2 Å². The lowest BCUT2D eigenvalue weighted by molar-refractivity contribution is 0.282. The molecule has 4 rings (SSSR count). The topological polar surface area (TPSA) is 88.2 Å². The molecule has 0 bridgehead atoms. The maximum absolute atomic E-state index is 9.16. The molecule has 0 aliphatic carbocycles. The fourth-order valence-corrected chi connectivity index (χ4v) is 2.95. The van der Waals surface area contributed by atoms with E-state index in [1.165, 1.54) is 5.56 Å². The predicted octanol–water partition coefficient (Wildman–Crippen LogP) is 3.41. The molecule has 146 valence electrons. The highest BCUT2D eigenvalue weighted by Crippen LogP contribution is 2.25. The lowest BCUT2D eigenvalue weighted by atomic mass is 10.1. The summed E-state index contributed by atoms with van der Waals surface area (Å²) in [6.45, 7) is 0.879. The number of aliphatic hydroxyl groups is 1. The summed E-state index contributed by atoms with van der Waals surface area (Å²) in [6, 6.07) is 15.6. The van der Waals surface area contributed by atoms with Crippen molar-refractivity contribution in [3.05, 3.63) is 72.1 Å². The summed E-state index contributed by atoms with van der Waals surface area (Å²) in [6.07, 6.45) is 3.32. The molecule has 0 aliphatic heterocycles. The first-order valence-corrected chi connectivity index (χ1v) is 9.22. The van der Waals surface area contributed by atoms with E-state index < -0.39 is 0 Å². The Morgan fingerprint density at radius 3 is 2.10 bits per heavy atom. The Labute approximate surface area is 168 Å². The molecule has 0 fully saturated rings. The van der Waals surface area contributed by atoms with Crippen LogP contribution in [0.2, 0.25) is 0 Å². The molecule has 0 saturated heterocycles. The van der Waals surface area contributed by atoms with Crippen LogP contribution in [0.25, 0.3) is 34.3 Å². The first-order valence-electron chi connectivity index (χ1n) is 9.22. The monoisotopic (exact) mass is 387 g/mol. The molecule has 0 saturated carbocycles. The highest BCUT2D eigenvalue weighted by molar-refractivity contribution is 5.62. The van der Waals surface area contributed by atoms with Gasteiger partial charge in [-0.3, -0.25) is 4.98 Å². The summed E-state index contributed by atoms with van der Waals surface area (Å²) in [4.78, 5) is 11.0. The smallest absolute Gasteiger partial charge is 0.268 e. The van der Waals surface area contributed by atoms with Gasteiger partial charge in [-0.2, -0.15) is 0 Å². The van der Waals surface area contributed by atoms with Gasteiger partial charge in [0.15, 0.2) is 0 Å². The quantitative estimate of drug-likeness (QED) is 0.542. The third-order valence-corrected chi connectivity index (χ3v) is 4.41. The summed E-state index contributed by atoms with van der Waals surface area (Å²) >= 11 is 0. The van der Waals surface area contributed by atoms with E-state index in [2.05, 4.69) is 37.2 Å². The molecular weight excluding hydrogens is 366 g/mol. The Bertz CT molecular complexity index is 1090. The van der Waals surface area contributed by atoms with Gasteiger partial charge in [0.1, 0.15) is 5.69 Å². The molecule has 29 heavy (non-hydrogen) atoms. The van der Waals surface area contributed by atoms with Gasteiger partial charge in [0.2, 0.25) is 5.89 Å². The summed E-state index contributed by atoms with van der Waals surface area (Å²) in [5, 5.41) is 17.4. The maximum atomic E-state index is 9.16. The molecular formula is C22H21N5O2. The van der Waals surface area contributed by atoms with Crippen molar-refractivity contribution >= 4 is 0 Å². The fraction of sp³-hybridized carbons (Fsp3) is 0.182. The van der Waals surface area contributed by atoms with Crippen molar-refractivity contribution in [3.8, 4) is 34.3 Å². The largest absolute Gasteiger partial charge is 0.415 e. The van der Waals surface area contributed by atoms with Crippen LogP contribution in [0.4, 0.5) is 0 Å². The fourth-order valence-electron chi connectivity index (χ4n) is 2.95. The standard InChI is InChI=1S/C22H21N5O2/c1-27(2)13-15-3-7-17(8-4-15)19-11-23-12-20(24-19)22-26-25-21(29-22)18-9-5-16(14-28)6-10-18/h3-12,28H,13-14H2,1-2H3. The summed E-state index contributed by atoms with van der Waals surface area (Å²) in [5.74, 6) is 0.703. The molecule has 0 aliphatic rings. The van der Waals surface area contributed by atoms with E-state index >= 15 is 0 Å². The normalized spacial score (nSPS) is 11.2. The minimum absolute atomic E-state index is 0.00608. The first-order chi connectivity index (χ1) is 14.1. The average Bonchev–Trinajstić information content (AvgIpc) is 3.24. The molecule has 0 spiro atoms. The number of aromatic nitrogens is 4. The van der Waals surface area contributed by atoms with E-state index in [0.29, 0.717) is 17.5 Å². The van der Waals surface area contributed by atoms with E-state index in [1.54, 1.807) is 12.4 Å². The van der Waals surface area contributed by atoms with E-state index in [0.717, 1.165) is 28.9 Å². The van der Waals surface area contributed by atoms with Gasteiger partial charge in [-0.15, -0.1) is 10.2 Å². The zero-order valence-corrected chi connectivity index (χ0v) is 16.3. The lowest BCUT2D eigenvalue weighted by Gasteiger charge is -2.10. The Balaban J connectivity index is 1.58. The van der Waals surface area contributed by atoms with Crippen LogP contribution < -0.4 is 0 Å². The van der Waals surface area contributed by atoms with Crippen molar-refractivity contribution in [2.24, 2.45) is 0 Å². The van der Waals surface area contributed by atoms with Gasteiger partial charge >= 0.3 is 0 Å². The highest BCUT2D eigenvalue weighted by atomic mass is 16.4. The number of aliphatic hydroxyl groups excluding tert-OH is 1. The summed E-state index contributed by atoms with van der Waals surface area (Å²) < 4.78 is 5.79. The molecule has 7 heteroatoms. The van der Waals surface area contributed by atoms with Gasteiger partial charge in [0, 0.05) is 17.7 Å². The minimum atomic E-state index is -0.00608. The van der Waals surface area contributed by atoms with Gasteiger partial charge in [0.25, 0.3) is 5.89 Å². The Hall–Kier alpha value is -3.42. The number of hydrogen-bond donors (Lipinski definition) is 1. The van der Waals surface area contributed by atoms with E-state index in [9.17, 15) is 0 Å². The van der Waals surface area contributed by atoms with E-state index in [4.69, 9.17) is 9.52 Å². The van der Waals surface area contributed by atoms with Gasteiger partial charge in [0.05, 0.1) is 24.7 Å². The van der Waals surface area contributed by atoms with E-state index in [1.807, 2.05) is 50.5 Å². The number of hydrogen-bond acceptors (Lipinski definition) is 7. The van der Waals surface area contributed by atoms with Crippen LogP contribution in [0.5, 0.6) is 0 Å². The van der Waals surface area contributed by atoms with Crippen LogP contribution in [0.3, 0.4) is 0 Å². The first kappa shape index (κ1) is 18.9. The zero-order valence-electron chi connectivity index (χ0n) is 16.3. The second-order valence-electron chi connectivity index (χ2n) is 6.99. The molecule has 0 atom stereocenters. The van der Waals surface area contributed by atoms with Crippen molar-refractivity contribution in [3.63, 3.8) is 0 Å². The van der Waals surface area contributed by atoms with Crippen LogP contribution >= 0.6 is 0 Å². The SMILES string of the molecule is CN(C)Cc1ccc(-c2cncc(-c3nnc(-c4ccc(CO)cc4)o3)n2)cc1. The number of nitrogens with zero attached hydrogens (tertiary/aromatic N) is 5. The molecule has 1 N–H and O–H groups in total. The third kappa shape index (κ3) is 4.37. The molecule has 0 amide bonds. The minimum Gasteiger partial charge on any atom is -0.415 e. The van der Waals surface area contributed by atoms with Crippen molar-refractivity contribution < 1.29 is 9.52 Å². The molecule has 0 radical (unpaired) electrons. The van der Waals surface area contributed by atoms with Crippen LogP contribution in [0, 0.1) is 0 Å². The molecule has 2 aromatic heterocycles. The molecule has 2 aromatic carbocycles. The second kappa shape index (κ2) is 8.30. The zero-order chi connectivity index (χ0) is 20.2. The third-order valence-electron chi connectivity index (χ3n) is 4.41. The second-order valence-corrected chi connectivity index (χ2v) is 6.99. The lowest BCUT2D eigenvalue weighted by Crippen LogP contribution is -2.10. The van der Waals surface area contributed by atoms with Crippen LogP contribution in [-0.2, 0) is 13.2 Å². The Morgan fingerprint density at radius 2 is 1.41 bits per heavy atom. The van der Waals surface area contributed by atoms with E-state index in [-0.39, 0.29) is 6.61 Å². The average molecular weight is 387 g/mol. The summed E-state index contributed by atoms with van der Waals surface area (Å²) in [7, 11) is 4.09. The number of rotatable bonds is 6. The van der Waals surface area contributed by atoms with Crippen molar-refractivity contribution in [1.29, 1.82) is 0 Å². The van der Waals surface area contributed by atoms with Gasteiger partial charge in [-0.05, 0) is 37.4 Å². The molecule has 4 aromatic rings. The Morgan fingerprint density at radius 1 is 0.793 bits per heavy atom. The van der Waals surface area contributed by atoms with Crippen molar-refractivity contribution in [2.75, 3.05) is 14.1 Å². The maximum Gasteiger partial charge on any atom is 0.268 e. The van der Waals surface area contributed by atoms with Gasteiger partial charge in [-0.25, -0.2) is 4.98 Å². The number of benzene rings is 2. The Kier molecular flexibility index (Phi) is 5.41. The summed E-state index contributed by atoms with van der Waals surface area (Å²) in [5.41, 5.74) is 5.07. The van der Waals surface area contributed by atoms with Crippen LogP contribution in [0.1, 0.15) is 11.1 Å². The van der Waals surface area contributed by atoms with Crippen molar-refractivity contribution in [1.82, 2.24) is 25.1 Å². The molecule has 2 heterocycles. The van der Waals surface area contributed by atoms with Crippen LogP contribution in [0.15, 0.2) is 65.3 Å². The van der Waals surface area contributed by atoms with Gasteiger partial charge in [-0.1, -0.05) is 36.4 Å². The van der Waals surface area contributed by atoms with Crippen LogP contribution in [-0.4, -0.2) is 44.3 Å². The molecule has 7 nitrogen and oxygen atoms in total.